The summed E-state index contributed by atoms with van der Waals surface area (Å²) in [5.74, 6) is 0.784. The van der Waals surface area contributed by atoms with Crippen molar-refractivity contribution in [1.82, 2.24) is 0 Å². The Labute approximate surface area is 84.5 Å². The molecule has 3 nitrogen and oxygen atoms in total. The van der Waals surface area contributed by atoms with Crippen LogP contribution >= 0.6 is 0 Å². The molecule has 0 aliphatic rings. The summed E-state index contributed by atoms with van der Waals surface area (Å²) >= 11 is 0. The van der Waals surface area contributed by atoms with Gasteiger partial charge < -0.3 is 15.6 Å². The van der Waals surface area contributed by atoms with Gasteiger partial charge in [0.2, 0.25) is 0 Å². The number of hydrogen-bond acceptors (Lipinski definition) is 3. The van der Waals surface area contributed by atoms with Crippen LogP contribution in [0.1, 0.15) is 22.7 Å². The van der Waals surface area contributed by atoms with Crippen LogP contribution < -0.4 is 10.5 Å². The molecule has 0 fully saturated rings. The summed E-state index contributed by atoms with van der Waals surface area (Å²) in [5, 5.41) is 8.99. The zero-order valence-electron chi connectivity index (χ0n) is 8.87. The molecule has 0 amide bonds. The Morgan fingerprint density at radius 1 is 1.43 bits per heavy atom. The first-order valence-corrected chi connectivity index (χ1v) is 4.62. The summed E-state index contributed by atoms with van der Waals surface area (Å²) in [6, 6.07) is 3.52. The molecule has 0 aromatic heterocycles. The molecule has 3 heteroatoms. The fourth-order valence-electron chi connectivity index (χ4n) is 1.47. The van der Waals surface area contributed by atoms with E-state index in [1.807, 2.05) is 26.0 Å². The molecule has 0 aliphatic carbocycles. The summed E-state index contributed by atoms with van der Waals surface area (Å²) in [6.07, 6.45) is 0. The average molecular weight is 195 g/mol. The fourth-order valence-corrected chi connectivity index (χ4v) is 1.47. The minimum atomic E-state index is -0.371. The quantitative estimate of drug-likeness (QED) is 0.764. The van der Waals surface area contributed by atoms with Gasteiger partial charge in [-0.05, 0) is 25.0 Å². The smallest absolute Gasteiger partial charge is 0.126 e. The summed E-state index contributed by atoms with van der Waals surface area (Å²) in [7, 11) is 1.62. The number of ether oxygens (including phenoxy) is 1. The molecule has 1 rings (SSSR count). The lowest BCUT2D eigenvalue weighted by atomic mass is 10.00. The van der Waals surface area contributed by atoms with Gasteiger partial charge in [0, 0.05) is 5.56 Å². The fraction of sp³-hybridized carbons (Fsp3) is 0.455. The Balaban J connectivity index is 3.23. The third kappa shape index (κ3) is 1.89. The van der Waals surface area contributed by atoms with Crippen LogP contribution in [0.25, 0.3) is 0 Å². The maximum Gasteiger partial charge on any atom is 0.126 e. The Morgan fingerprint density at radius 2 is 2.07 bits per heavy atom. The molecular weight excluding hydrogens is 178 g/mol. The van der Waals surface area contributed by atoms with Gasteiger partial charge in [0.15, 0.2) is 0 Å². The predicted molar refractivity (Wildman–Crippen MR) is 56.5 cm³/mol. The highest BCUT2D eigenvalue weighted by molar-refractivity contribution is 5.46. The van der Waals surface area contributed by atoms with Crippen molar-refractivity contribution >= 4 is 0 Å². The van der Waals surface area contributed by atoms with Crippen molar-refractivity contribution in [3.63, 3.8) is 0 Å². The van der Waals surface area contributed by atoms with E-state index in [0.29, 0.717) is 0 Å². The molecule has 0 heterocycles. The standard InChI is InChI=1S/C11H17NO2/c1-7-4-5-9(10(12)6-13)11(14-3)8(7)2/h4-5,10,13H,6,12H2,1-3H3. The van der Waals surface area contributed by atoms with Crippen molar-refractivity contribution in [2.75, 3.05) is 13.7 Å². The number of aliphatic hydroxyl groups excluding tert-OH is 1. The first kappa shape index (κ1) is 11.0. The predicted octanol–water partition coefficient (Wildman–Crippen LogP) is 1.30. The molecule has 0 saturated carbocycles. The number of hydrogen-bond donors (Lipinski definition) is 2. The number of methoxy groups -OCH3 is 1. The first-order chi connectivity index (χ1) is 6.61. The molecule has 1 aromatic carbocycles. The number of aliphatic hydroxyl groups is 1. The summed E-state index contributed by atoms with van der Waals surface area (Å²) in [6.45, 7) is 3.94. The van der Waals surface area contributed by atoms with Gasteiger partial charge in [0.1, 0.15) is 5.75 Å². The highest BCUT2D eigenvalue weighted by Gasteiger charge is 2.13. The second-order valence-electron chi connectivity index (χ2n) is 3.42. The van der Waals surface area contributed by atoms with E-state index in [0.717, 1.165) is 22.4 Å². The van der Waals surface area contributed by atoms with E-state index >= 15 is 0 Å². The van der Waals surface area contributed by atoms with Gasteiger partial charge in [0.05, 0.1) is 19.8 Å². The van der Waals surface area contributed by atoms with Gasteiger partial charge in [-0.15, -0.1) is 0 Å². The van der Waals surface area contributed by atoms with Gasteiger partial charge >= 0.3 is 0 Å². The largest absolute Gasteiger partial charge is 0.496 e. The molecule has 14 heavy (non-hydrogen) atoms. The molecule has 0 saturated heterocycles. The third-order valence-electron chi connectivity index (χ3n) is 2.51. The molecule has 0 radical (unpaired) electrons. The Bertz CT molecular complexity index is 323. The van der Waals surface area contributed by atoms with E-state index < -0.39 is 0 Å². The summed E-state index contributed by atoms with van der Waals surface area (Å²) in [4.78, 5) is 0. The lowest BCUT2D eigenvalue weighted by Gasteiger charge is -2.16. The summed E-state index contributed by atoms with van der Waals surface area (Å²) in [5.41, 5.74) is 8.86. The lowest BCUT2D eigenvalue weighted by molar-refractivity contribution is 0.264. The van der Waals surface area contributed by atoms with Crippen molar-refractivity contribution < 1.29 is 9.84 Å². The highest BCUT2D eigenvalue weighted by Crippen LogP contribution is 2.29. The van der Waals surface area contributed by atoms with Crippen LogP contribution in [0.15, 0.2) is 12.1 Å². The van der Waals surface area contributed by atoms with Crippen molar-refractivity contribution in [3.05, 3.63) is 28.8 Å². The van der Waals surface area contributed by atoms with Crippen molar-refractivity contribution in [2.24, 2.45) is 5.73 Å². The molecule has 1 unspecified atom stereocenters. The van der Waals surface area contributed by atoms with Gasteiger partial charge in [-0.2, -0.15) is 0 Å². The molecule has 0 spiro atoms. The van der Waals surface area contributed by atoms with Gasteiger partial charge in [0.25, 0.3) is 0 Å². The SMILES string of the molecule is COc1c(C(N)CO)ccc(C)c1C. The van der Waals surface area contributed by atoms with E-state index in [1.165, 1.54) is 0 Å². The maximum atomic E-state index is 8.99. The van der Waals surface area contributed by atoms with Gasteiger partial charge in [-0.25, -0.2) is 0 Å². The molecule has 0 bridgehead atoms. The minimum absolute atomic E-state index is 0.0706. The van der Waals surface area contributed by atoms with Crippen LogP contribution in [0.3, 0.4) is 0 Å². The Morgan fingerprint density at radius 3 is 2.57 bits per heavy atom. The van der Waals surface area contributed by atoms with Crippen molar-refractivity contribution in [3.8, 4) is 5.75 Å². The number of aryl methyl sites for hydroxylation is 1. The van der Waals surface area contributed by atoms with Crippen LogP contribution in [0.5, 0.6) is 5.75 Å². The van der Waals surface area contributed by atoms with Crippen LogP contribution in [-0.4, -0.2) is 18.8 Å². The highest BCUT2D eigenvalue weighted by atomic mass is 16.5. The topological polar surface area (TPSA) is 55.5 Å². The van der Waals surface area contributed by atoms with E-state index in [4.69, 9.17) is 15.6 Å². The second kappa shape index (κ2) is 4.44. The van der Waals surface area contributed by atoms with Crippen LogP contribution in [0, 0.1) is 13.8 Å². The molecule has 1 atom stereocenters. The Hall–Kier alpha value is -1.06. The first-order valence-electron chi connectivity index (χ1n) is 4.62. The van der Waals surface area contributed by atoms with Crippen molar-refractivity contribution in [1.29, 1.82) is 0 Å². The monoisotopic (exact) mass is 195 g/mol. The van der Waals surface area contributed by atoms with E-state index in [-0.39, 0.29) is 12.6 Å². The van der Waals surface area contributed by atoms with E-state index in [9.17, 15) is 0 Å². The number of nitrogens with two attached hydrogens (primary N) is 1. The minimum Gasteiger partial charge on any atom is -0.496 e. The molecule has 3 N–H and O–H groups in total. The third-order valence-corrected chi connectivity index (χ3v) is 2.51. The van der Waals surface area contributed by atoms with Gasteiger partial charge in [-0.1, -0.05) is 12.1 Å². The Kier molecular flexibility index (Phi) is 3.49. The lowest BCUT2D eigenvalue weighted by Crippen LogP contribution is -2.16. The van der Waals surface area contributed by atoms with E-state index in [2.05, 4.69) is 0 Å². The molecule has 78 valence electrons. The van der Waals surface area contributed by atoms with E-state index in [1.54, 1.807) is 7.11 Å². The zero-order valence-corrected chi connectivity index (χ0v) is 8.87. The average Bonchev–Trinajstić information content (AvgIpc) is 2.20. The molecule has 1 aromatic rings. The van der Waals surface area contributed by atoms with Crippen LogP contribution in [0.2, 0.25) is 0 Å². The normalized spacial score (nSPS) is 12.6. The van der Waals surface area contributed by atoms with Crippen LogP contribution in [-0.2, 0) is 0 Å². The maximum absolute atomic E-state index is 8.99. The number of benzene rings is 1. The second-order valence-corrected chi connectivity index (χ2v) is 3.42. The molecular formula is C11H17NO2. The van der Waals surface area contributed by atoms with Gasteiger partial charge in [-0.3, -0.25) is 0 Å². The van der Waals surface area contributed by atoms with Crippen LogP contribution in [0.4, 0.5) is 0 Å². The van der Waals surface area contributed by atoms with Crippen molar-refractivity contribution in [2.45, 2.75) is 19.9 Å². The zero-order chi connectivity index (χ0) is 10.7. The molecule has 0 aliphatic heterocycles. The summed E-state index contributed by atoms with van der Waals surface area (Å²) < 4.78 is 5.29. The number of rotatable bonds is 3.